The molecule has 3 nitrogen and oxygen atoms in total. The topological polar surface area (TPSA) is 55.1 Å². The molecular formula is C17H17ClN2O. The van der Waals surface area contributed by atoms with Crippen molar-refractivity contribution in [1.82, 2.24) is 0 Å². The molecule has 3 N–H and O–H groups in total. The van der Waals surface area contributed by atoms with Crippen molar-refractivity contribution in [2.75, 3.05) is 5.32 Å². The maximum absolute atomic E-state index is 11.9. The minimum absolute atomic E-state index is 0.377. The Morgan fingerprint density at radius 3 is 2.43 bits per heavy atom. The van der Waals surface area contributed by atoms with Gasteiger partial charge in [0.2, 0.25) is 5.91 Å². The third-order valence-electron chi connectivity index (χ3n) is 3.76. The quantitative estimate of drug-likeness (QED) is 0.881. The Bertz CT molecular complexity index is 650. The number of rotatable bonds is 5. The van der Waals surface area contributed by atoms with Crippen molar-refractivity contribution >= 4 is 23.2 Å². The maximum Gasteiger partial charge on any atom is 0.244 e. The van der Waals surface area contributed by atoms with Gasteiger partial charge in [-0.3, -0.25) is 4.79 Å². The number of hydrogen-bond acceptors (Lipinski definition) is 2. The highest BCUT2D eigenvalue weighted by Crippen LogP contribution is 2.43. The number of primary amides is 1. The summed E-state index contributed by atoms with van der Waals surface area (Å²) in [7, 11) is 0. The predicted molar refractivity (Wildman–Crippen MR) is 85.4 cm³/mol. The van der Waals surface area contributed by atoms with Crippen LogP contribution in [0.2, 0.25) is 5.02 Å². The molecule has 0 spiro atoms. The van der Waals surface area contributed by atoms with Crippen LogP contribution in [-0.4, -0.2) is 5.91 Å². The molecule has 1 atom stereocenters. The SMILES string of the molecule is NC(=O)C(Nc1ccc(Cl)cc1)c1ccccc1C1CC1. The van der Waals surface area contributed by atoms with Gasteiger partial charge in [-0.2, -0.15) is 0 Å². The van der Waals surface area contributed by atoms with E-state index in [0.717, 1.165) is 11.3 Å². The lowest BCUT2D eigenvalue weighted by Crippen LogP contribution is -2.28. The van der Waals surface area contributed by atoms with Crippen molar-refractivity contribution < 1.29 is 4.79 Å². The molecule has 1 saturated carbocycles. The summed E-state index contributed by atoms with van der Waals surface area (Å²) in [5.74, 6) is 0.188. The smallest absolute Gasteiger partial charge is 0.244 e. The van der Waals surface area contributed by atoms with Crippen LogP contribution < -0.4 is 11.1 Å². The summed E-state index contributed by atoms with van der Waals surface area (Å²) in [6, 6.07) is 14.8. The Morgan fingerprint density at radius 1 is 1.14 bits per heavy atom. The molecule has 1 aliphatic carbocycles. The average Bonchev–Trinajstić information content (AvgIpc) is 3.31. The van der Waals surface area contributed by atoms with Crippen LogP contribution in [0, 0.1) is 0 Å². The molecule has 0 radical (unpaired) electrons. The fourth-order valence-corrected chi connectivity index (χ4v) is 2.68. The number of nitrogens with two attached hydrogens (primary N) is 1. The monoisotopic (exact) mass is 300 g/mol. The van der Waals surface area contributed by atoms with Crippen LogP contribution in [0.3, 0.4) is 0 Å². The first-order valence-corrected chi connectivity index (χ1v) is 7.43. The van der Waals surface area contributed by atoms with E-state index in [4.69, 9.17) is 17.3 Å². The minimum atomic E-state index is -0.525. The van der Waals surface area contributed by atoms with E-state index in [2.05, 4.69) is 11.4 Å². The van der Waals surface area contributed by atoms with Crippen molar-refractivity contribution in [1.29, 1.82) is 0 Å². The number of amides is 1. The molecule has 2 aromatic carbocycles. The normalized spacial score (nSPS) is 15.5. The van der Waals surface area contributed by atoms with Gasteiger partial charge in [0.25, 0.3) is 0 Å². The highest BCUT2D eigenvalue weighted by atomic mass is 35.5. The second-order valence-corrected chi connectivity index (χ2v) is 5.83. The molecule has 1 amide bonds. The van der Waals surface area contributed by atoms with Crippen LogP contribution >= 0.6 is 11.6 Å². The van der Waals surface area contributed by atoms with Crippen LogP contribution in [0.25, 0.3) is 0 Å². The molecule has 1 unspecified atom stereocenters. The summed E-state index contributed by atoms with van der Waals surface area (Å²) in [6.07, 6.45) is 2.37. The van der Waals surface area contributed by atoms with Crippen LogP contribution in [-0.2, 0) is 4.79 Å². The molecule has 0 aromatic heterocycles. The maximum atomic E-state index is 11.9. The molecule has 108 valence electrons. The van der Waals surface area contributed by atoms with Crippen LogP contribution in [0.1, 0.15) is 35.9 Å². The Balaban J connectivity index is 1.91. The van der Waals surface area contributed by atoms with Crippen molar-refractivity contribution in [2.45, 2.75) is 24.8 Å². The number of nitrogens with one attached hydrogen (secondary N) is 1. The van der Waals surface area contributed by atoms with Gasteiger partial charge in [0.1, 0.15) is 6.04 Å². The Morgan fingerprint density at radius 2 is 1.81 bits per heavy atom. The van der Waals surface area contributed by atoms with Gasteiger partial charge < -0.3 is 11.1 Å². The van der Waals surface area contributed by atoms with Crippen molar-refractivity contribution in [3.05, 3.63) is 64.7 Å². The summed E-state index contributed by atoms with van der Waals surface area (Å²) >= 11 is 5.88. The van der Waals surface area contributed by atoms with Gasteiger partial charge in [-0.25, -0.2) is 0 Å². The fraction of sp³-hybridized carbons (Fsp3) is 0.235. The van der Waals surface area contributed by atoms with E-state index in [1.54, 1.807) is 12.1 Å². The highest BCUT2D eigenvalue weighted by Gasteiger charge is 2.29. The first kappa shape index (κ1) is 14.0. The number of carbonyl (C=O) groups is 1. The zero-order valence-electron chi connectivity index (χ0n) is 11.6. The standard InChI is InChI=1S/C17H17ClN2O/c18-12-7-9-13(10-8-12)20-16(17(19)21)15-4-2-1-3-14(15)11-5-6-11/h1-4,7-11,16,20H,5-6H2,(H2,19,21). The van der Waals surface area contributed by atoms with E-state index in [0.29, 0.717) is 10.9 Å². The fourth-order valence-electron chi connectivity index (χ4n) is 2.55. The van der Waals surface area contributed by atoms with Crippen LogP contribution in [0.4, 0.5) is 5.69 Å². The third-order valence-corrected chi connectivity index (χ3v) is 4.02. The number of benzene rings is 2. The summed E-state index contributed by atoms with van der Waals surface area (Å²) in [5.41, 5.74) is 8.64. The lowest BCUT2D eigenvalue weighted by atomic mass is 9.96. The molecule has 1 aliphatic rings. The minimum Gasteiger partial charge on any atom is -0.370 e. The lowest BCUT2D eigenvalue weighted by molar-refractivity contribution is -0.118. The average molecular weight is 301 g/mol. The number of carbonyl (C=O) groups excluding carboxylic acids is 1. The largest absolute Gasteiger partial charge is 0.370 e. The number of halogens is 1. The number of hydrogen-bond donors (Lipinski definition) is 2. The van der Waals surface area contributed by atoms with E-state index in [-0.39, 0.29) is 5.91 Å². The van der Waals surface area contributed by atoms with Crippen molar-refractivity contribution in [2.24, 2.45) is 5.73 Å². The van der Waals surface area contributed by atoms with Gasteiger partial charge in [0, 0.05) is 10.7 Å². The third kappa shape index (κ3) is 3.19. The van der Waals surface area contributed by atoms with Gasteiger partial charge in [-0.15, -0.1) is 0 Å². The number of anilines is 1. The van der Waals surface area contributed by atoms with E-state index < -0.39 is 6.04 Å². The molecular weight excluding hydrogens is 284 g/mol. The molecule has 0 saturated heterocycles. The molecule has 0 heterocycles. The molecule has 3 rings (SSSR count). The first-order valence-electron chi connectivity index (χ1n) is 7.05. The Kier molecular flexibility index (Phi) is 3.84. The molecule has 0 bridgehead atoms. The molecule has 0 aliphatic heterocycles. The lowest BCUT2D eigenvalue weighted by Gasteiger charge is -2.20. The Hall–Kier alpha value is -2.00. The van der Waals surface area contributed by atoms with Crippen LogP contribution in [0.15, 0.2) is 48.5 Å². The predicted octanol–water partition coefficient (Wildman–Crippen LogP) is 3.86. The van der Waals surface area contributed by atoms with Gasteiger partial charge in [-0.05, 0) is 54.2 Å². The Labute approximate surface area is 129 Å². The van der Waals surface area contributed by atoms with Gasteiger partial charge in [0.15, 0.2) is 0 Å². The summed E-state index contributed by atoms with van der Waals surface area (Å²) in [6.45, 7) is 0. The molecule has 1 fully saturated rings. The van der Waals surface area contributed by atoms with E-state index in [9.17, 15) is 4.79 Å². The van der Waals surface area contributed by atoms with Crippen molar-refractivity contribution in [3.63, 3.8) is 0 Å². The van der Waals surface area contributed by atoms with Gasteiger partial charge >= 0.3 is 0 Å². The molecule has 21 heavy (non-hydrogen) atoms. The second-order valence-electron chi connectivity index (χ2n) is 5.39. The molecule has 4 heteroatoms. The van der Waals surface area contributed by atoms with Crippen LogP contribution in [0.5, 0.6) is 0 Å². The zero-order chi connectivity index (χ0) is 14.8. The highest BCUT2D eigenvalue weighted by molar-refractivity contribution is 6.30. The van der Waals surface area contributed by atoms with E-state index >= 15 is 0 Å². The first-order chi connectivity index (χ1) is 10.1. The summed E-state index contributed by atoms with van der Waals surface area (Å²) < 4.78 is 0. The summed E-state index contributed by atoms with van der Waals surface area (Å²) in [5, 5.41) is 3.87. The molecule has 2 aromatic rings. The van der Waals surface area contributed by atoms with Crippen molar-refractivity contribution in [3.8, 4) is 0 Å². The second kappa shape index (κ2) is 5.78. The zero-order valence-corrected chi connectivity index (χ0v) is 12.3. The van der Waals surface area contributed by atoms with E-state index in [1.165, 1.54) is 18.4 Å². The van der Waals surface area contributed by atoms with E-state index in [1.807, 2.05) is 30.3 Å². The van der Waals surface area contributed by atoms with Gasteiger partial charge in [0.05, 0.1) is 0 Å². The van der Waals surface area contributed by atoms with Gasteiger partial charge in [-0.1, -0.05) is 35.9 Å². The summed E-state index contributed by atoms with van der Waals surface area (Å²) in [4.78, 5) is 11.9.